The second-order valence-electron chi connectivity index (χ2n) is 4.78. The highest BCUT2D eigenvalue weighted by Crippen LogP contribution is 2.22. The third-order valence-corrected chi connectivity index (χ3v) is 2.83. The Kier molecular flexibility index (Phi) is 5.00. The number of benzene rings is 1. The van der Waals surface area contributed by atoms with E-state index in [0.717, 1.165) is 0 Å². The molecule has 0 aliphatic heterocycles. The van der Waals surface area contributed by atoms with Crippen molar-refractivity contribution in [3.05, 3.63) is 33.9 Å². The van der Waals surface area contributed by atoms with Crippen LogP contribution in [0.25, 0.3) is 0 Å². The van der Waals surface area contributed by atoms with Gasteiger partial charge in [0.15, 0.2) is 0 Å². The third kappa shape index (κ3) is 3.90. The summed E-state index contributed by atoms with van der Waals surface area (Å²) in [7, 11) is 1.52. The van der Waals surface area contributed by atoms with Gasteiger partial charge in [-0.3, -0.25) is 20.8 Å². The Labute approximate surface area is 116 Å². The van der Waals surface area contributed by atoms with Crippen LogP contribution < -0.4 is 16.6 Å². The second-order valence-corrected chi connectivity index (χ2v) is 4.78. The van der Waals surface area contributed by atoms with E-state index >= 15 is 0 Å². The van der Waals surface area contributed by atoms with Gasteiger partial charge in [0.05, 0.1) is 10.5 Å². The molecule has 0 saturated carbocycles. The van der Waals surface area contributed by atoms with E-state index in [2.05, 4.69) is 10.7 Å². The summed E-state index contributed by atoms with van der Waals surface area (Å²) >= 11 is 0. The molecule has 0 unspecified atom stereocenters. The van der Waals surface area contributed by atoms with E-state index < -0.39 is 16.4 Å². The number of nitrogens with zero attached hydrogens (tertiary/aromatic N) is 1. The smallest absolute Gasteiger partial charge is 0.282 e. The van der Waals surface area contributed by atoms with Crippen LogP contribution >= 0.6 is 0 Å². The average Bonchev–Trinajstić information content (AvgIpc) is 2.44. The van der Waals surface area contributed by atoms with Crippen molar-refractivity contribution in [2.24, 2.45) is 5.84 Å². The number of ether oxygens (including phenoxy) is 1. The highest BCUT2D eigenvalue weighted by atomic mass is 16.6. The van der Waals surface area contributed by atoms with E-state index in [1.54, 1.807) is 13.8 Å². The SMILES string of the molecule is COC(C)(C)CNC(=O)c1cc(NN)ccc1[N+](=O)[O-]. The first-order valence-corrected chi connectivity index (χ1v) is 5.89. The number of carbonyl (C=O) groups is 1. The van der Waals surface area contributed by atoms with Crippen LogP contribution in [0.1, 0.15) is 24.2 Å². The van der Waals surface area contributed by atoms with E-state index in [0.29, 0.717) is 5.69 Å². The van der Waals surface area contributed by atoms with Crippen LogP contribution in [0.4, 0.5) is 11.4 Å². The number of nitrogens with two attached hydrogens (primary N) is 1. The van der Waals surface area contributed by atoms with Gasteiger partial charge < -0.3 is 15.5 Å². The molecule has 0 aliphatic rings. The summed E-state index contributed by atoms with van der Waals surface area (Å²) in [5, 5.41) is 13.5. The lowest BCUT2D eigenvalue weighted by molar-refractivity contribution is -0.385. The molecule has 1 aromatic rings. The van der Waals surface area contributed by atoms with Crippen molar-refractivity contribution in [3.8, 4) is 0 Å². The largest absolute Gasteiger partial charge is 0.377 e. The van der Waals surface area contributed by atoms with Gasteiger partial charge in [0.1, 0.15) is 5.56 Å². The Morgan fingerprint density at radius 1 is 1.50 bits per heavy atom. The number of hydrazine groups is 1. The van der Waals surface area contributed by atoms with Crippen molar-refractivity contribution in [2.75, 3.05) is 19.1 Å². The third-order valence-electron chi connectivity index (χ3n) is 2.83. The standard InChI is InChI=1S/C12H18N4O4/c1-12(2,20-3)7-14-11(17)9-6-8(15-13)4-5-10(9)16(18)19/h4-6,15H,7,13H2,1-3H3,(H,14,17). The molecule has 0 aliphatic carbocycles. The Morgan fingerprint density at radius 3 is 2.65 bits per heavy atom. The minimum atomic E-state index is -0.614. The number of rotatable bonds is 6. The normalized spacial score (nSPS) is 11.0. The zero-order valence-electron chi connectivity index (χ0n) is 11.6. The summed E-state index contributed by atoms with van der Waals surface area (Å²) in [4.78, 5) is 22.4. The molecular formula is C12H18N4O4. The summed E-state index contributed by atoms with van der Waals surface area (Å²) < 4.78 is 5.17. The van der Waals surface area contributed by atoms with Crippen molar-refractivity contribution in [2.45, 2.75) is 19.4 Å². The highest BCUT2D eigenvalue weighted by Gasteiger charge is 2.23. The molecule has 20 heavy (non-hydrogen) atoms. The van der Waals surface area contributed by atoms with Crippen LogP contribution in [0.2, 0.25) is 0 Å². The lowest BCUT2D eigenvalue weighted by Crippen LogP contribution is -2.39. The molecule has 0 radical (unpaired) electrons. The van der Waals surface area contributed by atoms with Crippen molar-refractivity contribution >= 4 is 17.3 Å². The number of anilines is 1. The Hall–Kier alpha value is -2.19. The number of methoxy groups -OCH3 is 1. The van der Waals surface area contributed by atoms with Crippen molar-refractivity contribution in [1.82, 2.24) is 5.32 Å². The quantitative estimate of drug-likeness (QED) is 0.407. The van der Waals surface area contributed by atoms with Crippen molar-refractivity contribution in [1.29, 1.82) is 0 Å². The summed E-state index contributed by atoms with van der Waals surface area (Å²) in [5.41, 5.74) is 1.85. The molecular weight excluding hydrogens is 264 g/mol. The number of nitro benzene ring substituents is 1. The van der Waals surface area contributed by atoms with Gasteiger partial charge in [-0.1, -0.05) is 0 Å². The lowest BCUT2D eigenvalue weighted by atomic mass is 10.1. The number of hydrogen-bond acceptors (Lipinski definition) is 6. The monoisotopic (exact) mass is 282 g/mol. The molecule has 0 bridgehead atoms. The average molecular weight is 282 g/mol. The predicted molar refractivity (Wildman–Crippen MR) is 74.3 cm³/mol. The first-order valence-electron chi connectivity index (χ1n) is 5.89. The summed E-state index contributed by atoms with van der Waals surface area (Å²) in [6, 6.07) is 3.98. The van der Waals surface area contributed by atoms with E-state index in [-0.39, 0.29) is 17.8 Å². The van der Waals surface area contributed by atoms with Crippen molar-refractivity contribution in [3.63, 3.8) is 0 Å². The van der Waals surface area contributed by atoms with Crippen LogP contribution in [0.3, 0.4) is 0 Å². The van der Waals surface area contributed by atoms with Gasteiger partial charge in [-0.15, -0.1) is 0 Å². The maximum Gasteiger partial charge on any atom is 0.282 e. The van der Waals surface area contributed by atoms with Gasteiger partial charge in [0.25, 0.3) is 11.6 Å². The van der Waals surface area contributed by atoms with E-state index in [1.165, 1.54) is 25.3 Å². The van der Waals surface area contributed by atoms with Gasteiger partial charge >= 0.3 is 0 Å². The van der Waals surface area contributed by atoms with Crippen LogP contribution in [0.15, 0.2) is 18.2 Å². The van der Waals surface area contributed by atoms with Gasteiger partial charge in [-0.05, 0) is 26.0 Å². The Bertz CT molecular complexity index is 516. The molecule has 1 rings (SSSR count). The molecule has 4 N–H and O–H groups in total. The number of nitrogen functional groups attached to an aromatic ring is 1. The molecule has 0 fully saturated rings. The number of nitro groups is 1. The summed E-state index contributed by atoms with van der Waals surface area (Å²) in [6.45, 7) is 3.80. The molecule has 8 heteroatoms. The Morgan fingerprint density at radius 2 is 2.15 bits per heavy atom. The zero-order valence-corrected chi connectivity index (χ0v) is 11.6. The first kappa shape index (κ1) is 15.9. The minimum Gasteiger partial charge on any atom is -0.377 e. The van der Waals surface area contributed by atoms with Crippen LogP contribution in [0.5, 0.6) is 0 Å². The summed E-state index contributed by atoms with van der Waals surface area (Å²) in [5.74, 6) is 4.68. The fourth-order valence-electron chi connectivity index (χ4n) is 1.43. The molecule has 0 spiro atoms. The maximum atomic E-state index is 12.1. The minimum absolute atomic E-state index is 0.0580. The number of carbonyl (C=O) groups excluding carboxylic acids is 1. The molecule has 0 heterocycles. The van der Waals surface area contributed by atoms with Crippen molar-refractivity contribution < 1.29 is 14.5 Å². The fraction of sp³-hybridized carbons (Fsp3) is 0.417. The van der Waals surface area contributed by atoms with Gasteiger partial charge in [-0.25, -0.2) is 0 Å². The maximum absolute atomic E-state index is 12.1. The molecule has 0 aromatic heterocycles. The number of hydrogen-bond donors (Lipinski definition) is 3. The van der Waals surface area contributed by atoms with Crippen LogP contribution in [-0.4, -0.2) is 30.1 Å². The molecule has 110 valence electrons. The van der Waals surface area contributed by atoms with E-state index in [1.807, 2.05) is 0 Å². The molecule has 0 atom stereocenters. The lowest BCUT2D eigenvalue weighted by Gasteiger charge is -2.23. The summed E-state index contributed by atoms with van der Waals surface area (Å²) in [6.07, 6.45) is 0. The second kappa shape index (κ2) is 6.31. The first-order chi connectivity index (χ1) is 9.30. The fourth-order valence-corrected chi connectivity index (χ4v) is 1.43. The number of nitrogens with one attached hydrogen (secondary N) is 2. The van der Waals surface area contributed by atoms with Crippen LogP contribution in [-0.2, 0) is 4.74 Å². The topological polar surface area (TPSA) is 120 Å². The predicted octanol–water partition coefficient (Wildman–Crippen LogP) is 1.04. The molecule has 0 saturated heterocycles. The zero-order chi connectivity index (χ0) is 15.3. The van der Waals surface area contributed by atoms with Gasteiger partial charge in [0.2, 0.25) is 0 Å². The molecule has 8 nitrogen and oxygen atoms in total. The molecule has 1 aromatic carbocycles. The van der Waals surface area contributed by atoms with Gasteiger partial charge in [-0.2, -0.15) is 0 Å². The Balaban J connectivity index is 2.98. The van der Waals surface area contributed by atoms with Gasteiger partial charge in [0, 0.05) is 25.4 Å². The number of amides is 1. The van der Waals surface area contributed by atoms with E-state index in [4.69, 9.17) is 10.6 Å². The highest BCUT2D eigenvalue weighted by molar-refractivity contribution is 5.99. The molecule has 1 amide bonds. The van der Waals surface area contributed by atoms with E-state index in [9.17, 15) is 14.9 Å². The van der Waals surface area contributed by atoms with Crippen LogP contribution in [0, 0.1) is 10.1 Å².